The van der Waals surface area contributed by atoms with E-state index in [0.29, 0.717) is 17.8 Å². The second-order valence-corrected chi connectivity index (χ2v) is 7.61. The molecule has 3 amide bonds. The number of nitrogens with zero attached hydrogens (tertiary/aromatic N) is 1. The highest BCUT2D eigenvalue weighted by Crippen LogP contribution is 2.22. The summed E-state index contributed by atoms with van der Waals surface area (Å²) in [5.41, 5.74) is 3.06. The predicted molar refractivity (Wildman–Crippen MR) is 114 cm³/mol. The molecule has 1 atom stereocenters. The van der Waals surface area contributed by atoms with E-state index in [1.165, 1.54) is 5.56 Å². The number of benzene rings is 2. The average molecular weight is 393 g/mol. The third kappa shape index (κ3) is 5.02. The van der Waals surface area contributed by atoms with Crippen molar-refractivity contribution in [1.82, 2.24) is 4.90 Å². The molecule has 152 valence electrons. The van der Waals surface area contributed by atoms with Crippen LogP contribution in [0.2, 0.25) is 0 Å². The van der Waals surface area contributed by atoms with Crippen molar-refractivity contribution < 1.29 is 14.4 Å². The van der Waals surface area contributed by atoms with Crippen molar-refractivity contribution in [3.05, 3.63) is 59.7 Å². The minimum atomic E-state index is -0.348. The predicted octanol–water partition coefficient (Wildman–Crippen LogP) is 3.70. The van der Waals surface area contributed by atoms with E-state index in [1.807, 2.05) is 38.1 Å². The molecule has 6 nitrogen and oxygen atoms in total. The molecule has 0 aromatic heterocycles. The third-order valence-electron chi connectivity index (χ3n) is 5.19. The van der Waals surface area contributed by atoms with Crippen LogP contribution in [0.4, 0.5) is 11.4 Å². The molecule has 0 radical (unpaired) electrons. The van der Waals surface area contributed by atoms with Gasteiger partial charge in [-0.2, -0.15) is 0 Å². The van der Waals surface area contributed by atoms with Gasteiger partial charge in [-0.3, -0.25) is 14.4 Å². The van der Waals surface area contributed by atoms with E-state index in [4.69, 9.17) is 0 Å². The minimum Gasteiger partial charge on any atom is -0.339 e. The zero-order chi connectivity index (χ0) is 21.0. The number of carbonyl (C=O) groups is 3. The van der Waals surface area contributed by atoms with E-state index in [9.17, 15) is 14.4 Å². The van der Waals surface area contributed by atoms with Gasteiger partial charge in [0, 0.05) is 35.9 Å². The van der Waals surface area contributed by atoms with Gasteiger partial charge in [-0.25, -0.2) is 0 Å². The summed E-state index contributed by atoms with van der Waals surface area (Å²) in [7, 11) is 0. The molecule has 29 heavy (non-hydrogen) atoms. The van der Waals surface area contributed by atoms with Gasteiger partial charge in [0.1, 0.15) is 0 Å². The standard InChI is InChI=1S/C23H27N3O3/c1-4-16-5-9-19(10-6-16)24-22(28)17-7-11-20(12-8-17)25-23(29)18-13-21(27)26(14-18)15(2)3/h5-12,15,18H,4,13-14H2,1-3H3,(H,24,28)(H,25,29). The molecule has 1 unspecified atom stereocenters. The lowest BCUT2D eigenvalue weighted by Gasteiger charge is -2.20. The summed E-state index contributed by atoms with van der Waals surface area (Å²) in [4.78, 5) is 38.6. The summed E-state index contributed by atoms with van der Waals surface area (Å²) in [6, 6.07) is 14.6. The monoisotopic (exact) mass is 393 g/mol. The number of carbonyl (C=O) groups excluding carboxylic acids is 3. The molecule has 2 N–H and O–H groups in total. The van der Waals surface area contributed by atoms with Gasteiger partial charge in [-0.15, -0.1) is 0 Å². The zero-order valence-electron chi connectivity index (χ0n) is 17.1. The number of hydrogen-bond donors (Lipinski definition) is 2. The van der Waals surface area contributed by atoms with Crippen LogP contribution in [0.1, 0.15) is 43.1 Å². The number of rotatable bonds is 6. The number of likely N-dealkylation sites (tertiary alicyclic amines) is 1. The largest absolute Gasteiger partial charge is 0.339 e. The normalized spacial score (nSPS) is 16.2. The first-order valence-electron chi connectivity index (χ1n) is 9.98. The first-order chi connectivity index (χ1) is 13.9. The molecule has 2 aromatic rings. The van der Waals surface area contributed by atoms with Crippen LogP contribution in [-0.4, -0.2) is 35.2 Å². The average Bonchev–Trinajstić information content (AvgIpc) is 3.11. The quantitative estimate of drug-likeness (QED) is 0.786. The van der Waals surface area contributed by atoms with E-state index in [0.717, 1.165) is 12.1 Å². The van der Waals surface area contributed by atoms with Crippen LogP contribution in [0.25, 0.3) is 0 Å². The van der Waals surface area contributed by atoms with Gasteiger partial charge in [0.15, 0.2) is 0 Å². The van der Waals surface area contributed by atoms with Gasteiger partial charge in [0.25, 0.3) is 5.91 Å². The molecule has 6 heteroatoms. The van der Waals surface area contributed by atoms with Crippen molar-refractivity contribution in [2.75, 3.05) is 17.2 Å². The Hall–Kier alpha value is -3.15. The van der Waals surface area contributed by atoms with Crippen LogP contribution >= 0.6 is 0 Å². The van der Waals surface area contributed by atoms with Crippen LogP contribution in [0, 0.1) is 5.92 Å². The topological polar surface area (TPSA) is 78.5 Å². The maximum Gasteiger partial charge on any atom is 0.255 e. The summed E-state index contributed by atoms with van der Waals surface area (Å²) in [5, 5.41) is 5.71. The van der Waals surface area contributed by atoms with Gasteiger partial charge in [-0.1, -0.05) is 19.1 Å². The van der Waals surface area contributed by atoms with Crippen LogP contribution in [0.3, 0.4) is 0 Å². The Morgan fingerprint density at radius 3 is 2.14 bits per heavy atom. The SMILES string of the molecule is CCc1ccc(NC(=O)c2ccc(NC(=O)C3CC(=O)N(C(C)C)C3)cc2)cc1. The molecule has 0 spiro atoms. The lowest BCUT2D eigenvalue weighted by atomic mass is 10.1. The Morgan fingerprint density at radius 2 is 1.59 bits per heavy atom. The zero-order valence-corrected chi connectivity index (χ0v) is 17.1. The summed E-state index contributed by atoms with van der Waals surface area (Å²) >= 11 is 0. The van der Waals surface area contributed by atoms with Crippen molar-refractivity contribution in [2.45, 2.75) is 39.7 Å². The van der Waals surface area contributed by atoms with Gasteiger partial charge in [-0.05, 0) is 62.2 Å². The molecule has 1 fully saturated rings. The molecule has 0 bridgehead atoms. The van der Waals surface area contributed by atoms with Crippen molar-refractivity contribution in [3.8, 4) is 0 Å². The van der Waals surface area contributed by atoms with Gasteiger partial charge in [0.2, 0.25) is 11.8 Å². The molecule has 1 aliphatic rings. The van der Waals surface area contributed by atoms with E-state index < -0.39 is 0 Å². The first-order valence-corrected chi connectivity index (χ1v) is 9.98. The number of nitrogens with one attached hydrogen (secondary N) is 2. The highest BCUT2D eigenvalue weighted by molar-refractivity contribution is 6.04. The Morgan fingerprint density at radius 1 is 1.00 bits per heavy atom. The molecule has 2 aromatic carbocycles. The number of aryl methyl sites for hydroxylation is 1. The second-order valence-electron chi connectivity index (χ2n) is 7.61. The summed E-state index contributed by atoms with van der Waals surface area (Å²) in [6.45, 7) is 6.42. The number of hydrogen-bond acceptors (Lipinski definition) is 3. The van der Waals surface area contributed by atoms with Crippen LogP contribution in [-0.2, 0) is 16.0 Å². The van der Waals surface area contributed by atoms with Crippen LogP contribution in [0.15, 0.2) is 48.5 Å². The highest BCUT2D eigenvalue weighted by Gasteiger charge is 2.35. The maximum atomic E-state index is 12.5. The summed E-state index contributed by atoms with van der Waals surface area (Å²) in [5.74, 6) is -0.714. The molecule has 3 rings (SSSR count). The van der Waals surface area contributed by atoms with Gasteiger partial charge in [0.05, 0.1) is 5.92 Å². The van der Waals surface area contributed by atoms with E-state index in [-0.39, 0.29) is 36.1 Å². The smallest absolute Gasteiger partial charge is 0.255 e. The lowest BCUT2D eigenvalue weighted by molar-refractivity contribution is -0.129. The first kappa shape index (κ1) is 20.6. The summed E-state index contributed by atoms with van der Waals surface area (Å²) < 4.78 is 0. The lowest BCUT2D eigenvalue weighted by Crippen LogP contribution is -2.33. The fraction of sp³-hybridized carbons (Fsp3) is 0.348. The van der Waals surface area contributed by atoms with Crippen molar-refractivity contribution in [3.63, 3.8) is 0 Å². The van der Waals surface area contributed by atoms with Crippen LogP contribution < -0.4 is 10.6 Å². The molecular weight excluding hydrogens is 366 g/mol. The fourth-order valence-corrected chi connectivity index (χ4v) is 3.38. The maximum absolute atomic E-state index is 12.5. The third-order valence-corrected chi connectivity index (χ3v) is 5.19. The van der Waals surface area contributed by atoms with Crippen molar-refractivity contribution >= 4 is 29.1 Å². The Labute approximate surface area is 171 Å². The Kier molecular flexibility index (Phi) is 6.32. The molecular formula is C23H27N3O3. The van der Waals surface area contributed by atoms with Gasteiger partial charge >= 0.3 is 0 Å². The Bertz CT molecular complexity index is 889. The summed E-state index contributed by atoms with van der Waals surface area (Å²) in [6.07, 6.45) is 1.19. The molecule has 1 aliphatic heterocycles. The molecule has 0 aliphatic carbocycles. The van der Waals surface area contributed by atoms with E-state index in [1.54, 1.807) is 29.2 Å². The van der Waals surface area contributed by atoms with Crippen LogP contribution in [0.5, 0.6) is 0 Å². The number of amides is 3. The highest BCUT2D eigenvalue weighted by atomic mass is 16.2. The minimum absolute atomic E-state index is 0.0131. The number of anilines is 2. The Balaban J connectivity index is 1.57. The van der Waals surface area contributed by atoms with Crippen molar-refractivity contribution in [1.29, 1.82) is 0 Å². The molecule has 0 saturated carbocycles. The fourth-order valence-electron chi connectivity index (χ4n) is 3.38. The second kappa shape index (κ2) is 8.90. The van der Waals surface area contributed by atoms with E-state index in [2.05, 4.69) is 17.6 Å². The van der Waals surface area contributed by atoms with E-state index >= 15 is 0 Å². The van der Waals surface area contributed by atoms with Crippen molar-refractivity contribution in [2.24, 2.45) is 5.92 Å². The molecule has 1 saturated heterocycles. The van der Waals surface area contributed by atoms with Gasteiger partial charge < -0.3 is 15.5 Å². The molecule has 1 heterocycles.